The summed E-state index contributed by atoms with van der Waals surface area (Å²) in [6.07, 6.45) is 1.76. The summed E-state index contributed by atoms with van der Waals surface area (Å²) in [6.45, 7) is -0.0871. The minimum atomic E-state index is -0.656. The summed E-state index contributed by atoms with van der Waals surface area (Å²) in [5, 5.41) is 7.87. The Morgan fingerprint density at radius 3 is 2.65 bits per heavy atom. The number of nitrogens with two attached hydrogens (primary N) is 1. The van der Waals surface area contributed by atoms with Crippen LogP contribution in [0.3, 0.4) is 0 Å². The number of hydrogen-bond donors (Lipinski definition) is 2. The normalized spacial score (nSPS) is 21.7. The Bertz CT molecular complexity index is 1220. The van der Waals surface area contributed by atoms with Gasteiger partial charge in [0.05, 0.1) is 5.52 Å². The van der Waals surface area contributed by atoms with Crippen molar-refractivity contribution in [3.63, 3.8) is 0 Å². The Morgan fingerprint density at radius 1 is 1.13 bits per heavy atom. The summed E-state index contributed by atoms with van der Waals surface area (Å²) in [6, 6.07) is 11.5. The molecule has 1 saturated carbocycles. The van der Waals surface area contributed by atoms with Crippen molar-refractivity contribution in [3.8, 4) is 0 Å². The first kappa shape index (κ1) is 19.5. The number of nitrogens with zero attached hydrogens (tertiary/aromatic N) is 4. The third-order valence-electron chi connectivity index (χ3n) is 6.05. The van der Waals surface area contributed by atoms with Gasteiger partial charge in [0.2, 0.25) is 11.8 Å². The number of fused-ring (bicyclic) bond motifs is 2. The van der Waals surface area contributed by atoms with Gasteiger partial charge < -0.3 is 16.0 Å². The van der Waals surface area contributed by atoms with Crippen LogP contribution < -0.4 is 11.1 Å². The lowest BCUT2D eigenvalue weighted by atomic mass is 9.65. The largest absolute Gasteiger partial charge is 0.364 e. The minimum absolute atomic E-state index is 0.0491. The number of carbonyl (C=O) groups excluding carboxylic acids is 3. The van der Waals surface area contributed by atoms with Crippen molar-refractivity contribution in [1.29, 1.82) is 0 Å². The van der Waals surface area contributed by atoms with Crippen LogP contribution in [0, 0.1) is 5.92 Å². The second-order valence-electron chi connectivity index (χ2n) is 7.78. The lowest BCUT2D eigenvalue weighted by Crippen LogP contribution is -2.74. The Kier molecular flexibility index (Phi) is 4.62. The number of pyridine rings is 1. The lowest BCUT2D eigenvalue weighted by Gasteiger charge is -2.60. The topological polar surface area (TPSA) is 123 Å². The van der Waals surface area contributed by atoms with Crippen molar-refractivity contribution < 1.29 is 14.4 Å². The average molecular weight is 439 g/mol. The first-order valence-corrected chi connectivity index (χ1v) is 10.3. The summed E-state index contributed by atoms with van der Waals surface area (Å²) >= 11 is 5.89. The summed E-state index contributed by atoms with van der Waals surface area (Å²) in [7, 11) is 0. The molecular weight excluding hydrogens is 420 g/mol. The van der Waals surface area contributed by atoms with Gasteiger partial charge in [-0.3, -0.25) is 19.1 Å². The Hall–Kier alpha value is -3.46. The molecule has 1 aromatic carbocycles. The van der Waals surface area contributed by atoms with Gasteiger partial charge in [-0.25, -0.2) is 4.98 Å². The van der Waals surface area contributed by atoms with Crippen LogP contribution in [0.1, 0.15) is 23.3 Å². The van der Waals surface area contributed by atoms with E-state index in [0.717, 1.165) is 12.8 Å². The maximum atomic E-state index is 13.2. The van der Waals surface area contributed by atoms with Gasteiger partial charge in [-0.15, -0.1) is 0 Å². The average Bonchev–Trinajstić information content (AvgIpc) is 3.08. The molecule has 1 aliphatic carbocycles. The molecule has 2 fully saturated rings. The van der Waals surface area contributed by atoms with E-state index in [-0.39, 0.29) is 41.2 Å². The van der Waals surface area contributed by atoms with Gasteiger partial charge in [0.25, 0.3) is 5.91 Å². The molecule has 3 atom stereocenters. The Balaban J connectivity index is 1.37. The molecule has 0 bridgehead atoms. The van der Waals surface area contributed by atoms with Crippen LogP contribution in [0.25, 0.3) is 10.9 Å². The molecule has 10 heteroatoms. The number of amides is 3. The lowest BCUT2D eigenvalue weighted by molar-refractivity contribution is -0.174. The second-order valence-corrected chi connectivity index (χ2v) is 8.16. The molecule has 1 saturated heterocycles. The van der Waals surface area contributed by atoms with E-state index < -0.39 is 11.9 Å². The van der Waals surface area contributed by atoms with Crippen LogP contribution in [0.2, 0.25) is 5.15 Å². The Labute approximate surface area is 182 Å². The van der Waals surface area contributed by atoms with E-state index in [2.05, 4.69) is 15.4 Å². The predicted octanol–water partition coefficient (Wildman–Crippen LogP) is 1.81. The molecule has 2 aromatic heterocycles. The second kappa shape index (κ2) is 7.35. The summed E-state index contributed by atoms with van der Waals surface area (Å²) < 4.78 is 1.47. The van der Waals surface area contributed by atoms with Gasteiger partial charge in [-0.05, 0) is 31.0 Å². The molecule has 3 heterocycles. The third kappa shape index (κ3) is 3.21. The maximum absolute atomic E-state index is 13.2. The van der Waals surface area contributed by atoms with Gasteiger partial charge >= 0.3 is 0 Å². The van der Waals surface area contributed by atoms with Crippen LogP contribution in [-0.2, 0) is 16.1 Å². The molecule has 3 amide bonds. The number of likely N-dealkylation sites (tertiary alicyclic amines) is 1. The van der Waals surface area contributed by atoms with Gasteiger partial charge in [-0.1, -0.05) is 35.9 Å². The number of carbonyl (C=O) groups is 3. The quantitative estimate of drug-likeness (QED) is 0.588. The van der Waals surface area contributed by atoms with Crippen molar-refractivity contribution in [2.45, 2.75) is 31.5 Å². The number of aromatic nitrogens is 3. The van der Waals surface area contributed by atoms with Gasteiger partial charge in [0, 0.05) is 17.3 Å². The van der Waals surface area contributed by atoms with Crippen molar-refractivity contribution in [1.82, 2.24) is 19.7 Å². The van der Waals surface area contributed by atoms with E-state index in [1.165, 1.54) is 4.68 Å². The molecule has 31 heavy (non-hydrogen) atoms. The van der Waals surface area contributed by atoms with Gasteiger partial charge in [-0.2, -0.15) is 5.10 Å². The molecular formula is C21H19ClN6O3. The molecule has 3 aromatic rings. The van der Waals surface area contributed by atoms with Crippen LogP contribution >= 0.6 is 11.6 Å². The van der Waals surface area contributed by atoms with Crippen LogP contribution in [0.5, 0.6) is 0 Å². The number of primary amides is 1. The molecule has 3 N–H and O–H groups in total. The number of benzene rings is 1. The third-order valence-corrected chi connectivity index (χ3v) is 6.26. The van der Waals surface area contributed by atoms with Crippen molar-refractivity contribution >= 4 is 46.0 Å². The van der Waals surface area contributed by atoms with Crippen LogP contribution in [0.4, 0.5) is 5.82 Å². The number of piperidine rings is 1. The SMILES string of the molecule is NC(=O)c1nn(CC(=O)N2[C@H](C(=O)Nc3cccc(Cl)n3)C3CC[C@@H]32)c2ccccc12. The van der Waals surface area contributed by atoms with E-state index >= 15 is 0 Å². The number of anilines is 1. The first-order valence-electron chi connectivity index (χ1n) is 9.94. The highest BCUT2D eigenvalue weighted by atomic mass is 35.5. The van der Waals surface area contributed by atoms with Crippen molar-refractivity contribution in [2.24, 2.45) is 11.7 Å². The highest BCUT2D eigenvalue weighted by molar-refractivity contribution is 6.29. The Morgan fingerprint density at radius 2 is 1.94 bits per heavy atom. The predicted molar refractivity (Wildman–Crippen MR) is 113 cm³/mol. The fourth-order valence-corrected chi connectivity index (χ4v) is 4.68. The zero-order valence-corrected chi connectivity index (χ0v) is 17.1. The molecule has 9 nitrogen and oxygen atoms in total. The standard InChI is InChI=1S/C21H19ClN6O3/c22-15-6-3-7-16(24-15)25-21(31)19-12-8-9-14(12)28(19)17(29)10-27-13-5-2-1-4-11(13)18(26-27)20(23)30/h1-7,12,14,19H,8-10H2,(H2,23,30)(H,24,25,31)/t12?,14-,19-/m0/s1. The molecule has 0 spiro atoms. The van der Waals surface area contributed by atoms with E-state index in [1.54, 1.807) is 47.4 Å². The molecule has 1 aliphatic heterocycles. The summed E-state index contributed by atoms with van der Waals surface area (Å²) in [5.41, 5.74) is 6.20. The van der Waals surface area contributed by atoms with E-state index in [1.807, 2.05) is 0 Å². The van der Waals surface area contributed by atoms with Gasteiger partial charge in [0.15, 0.2) is 5.69 Å². The number of para-hydroxylation sites is 1. The molecule has 2 aliphatic rings. The maximum Gasteiger partial charge on any atom is 0.269 e. The fraction of sp³-hybridized carbons (Fsp3) is 0.286. The summed E-state index contributed by atoms with van der Waals surface area (Å²) in [4.78, 5) is 43.5. The van der Waals surface area contributed by atoms with Crippen LogP contribution in [-0.4, -0.2) is 49.5 Å². The molecule has 1 unspecified atom stereocenters. The zero-order chi connectivity index (χ0) is 21.7. The molecule has 5 rings (SSSR count). The number of nitrogens with one attached hydrogen (secondary N) is 1. The van der Waals surface area contributed by atoms with E-state index in [4.69, 9.17) is 17.3 Å². The molecule has 0 radical (unpaired) electrons. The van der Waals surface area contributed by atoms with Crippen molar-refractivity contribution in [2.75, 3.05) is 5.32 Å². The number of hydrogen-bond acceptors (Lipinski definition) is 5. The molecule has 158 valence electrons. The van der Waals surface area contributed by atoms with Gasteiger partial charge in [0.1, 0.15) is 23.6 Å². The fourth-order valence-electron chi connectivity index (χ4n) is 4.51. The van der Waals surface area contributed by atoms with Crippen molar-refractivity contribution in [3.05, 3.63) is 53.3 Å². The first-order chi connectivity index (χ1) is 14.9. The number of rotatable bonds is 5. The van der Waals surface area contributed by atoms with E-state index in [0.29, 0.717) is 16.7 Å². The summed E-state index contributed by atoms with van der Waals surface area (Å²) in [5.74, 6) is -0.691. The van der Waals surface area contributed by atoms with Crippen LogP contribution in [0.15, 0.2) is 42.5 Å². The number of halogens is 1. The monoisotopic (exact) mass is 438 g/mol. The van der Waals surface area contributed by atoms with E-state index in [9.17, 15) is 14.4 Å². The highest BCUT2D eigenvalue weighted by Crippen LogP contribution is 2.47. The minimum Gasteiger partial charge on any atom is -0.364 e. The zero-order valence-electron chi connectivity index (χ0n) is 16.4. The smallest absolute Gasteiger partial charge is 0.269 e. The highest BCUT2D eigenvalue weighted by Gasteiger charge is 2.58.